The molecule has 21 heavy (non-hydrogen) atoms. The molecule has 2 aliphatic rings. The average Bonchev–Trinajstić information content (AvgIpc) is 3.05. The second kappa shape index (κ2) is 5.42. The highest BCUT2D eigenvalue weighted by Crippen LogP contribution is 2.30. The molecule has 0 radical (unpaired) electrons. The van der Waals surface area contributed by atoms with Gasteiger partial charge in [0.25, 0.3) is 0 Å². The van der Waals surface area contributed by atoms with Crippen molar-refractivity contribution in [3.05, 3.63) is 21.9 Å². The van der Waals surface area contributed by atoms with Crippen LogP contribution < -0.4 is 0 Å². The van der Waals surface area contributed by atoms with Gasteiger partial charge in [0.2, 0.25) is 5.91 Å². The molecule has 0 bridgehead atoms. The molecule has 5 nitrogen and oxygen atoms in total. The highest BCUT2D eigenvalue weighted by Gasteiger charge is 2.41. The van der Waals surface area contributed by atoms with E-state index in [1.54, 1.807) is 18.3 Å². The molecule has 6 heteroatoms. The summed E-state index contributed by atoms with van der Waals surface area (Å²) in [4.78, 5) is 28.9. The number of nitrogens with zero attached hydrogens (tertiary/aromatic N) is 2. The monoisotopic (exact) mass is 308 g/mol. The smallest absolute Gasteiger partial charge is 0.310 e. The summed E-state index contributed by atoms with van der Waals surface area (Å²) in [5, 5.41) is 11.3. The van der Waals surface area contributed by atoms with Crippen LogP contribution in [0.4, 0.5) is 0 Å². The predicted molar refractivity (Wildman–Crippen MR) is 80.2 cm³/mol. The molecule has 1 aromatic heterocycles. The molecule has 1 N–H and O–H groups in total. The number of aliphatic carboxylic acids is 1. The summed E-state index contributed by atoms with van der Waals surface area (Å²) in [6.45, 7) is 4.72. The Balaban J connectivity index is 1.57. The Labute approximate surface area is 128 Å². The van der Waals surface area contributed by atoms with Crippen molar-refractivity contribution in [2.45, 2.75) is 26.3 Å². The van der Waals surface area contributed by atoms with Gasteiger partial charge >= 0.3 is 5.97 Å². The van der Waals surface area contributed by atoms with Crippen LogP contribution >= 0.6 is 11.3 Å². The van der Waals surface area contributed by atoms with Crippen LogP contribution in [0.5, 0.6) is 0 Å². The second-order valence-electron chi connectivity index (χ2n) is 6.26. The Morgan fingerprint density at radius 3 is 2.95 bits per heavy atom. The lowest BCUT2D eigenvalue weighted by Crippen LogP contribution is -2.42. The van der Waals surface area contributed by atoms with Gasteiger partial charge in [0.05, 0.1) is 12.0 Å². The lowest BCUT2D eigenvalue weighted by Gasteiger charge is -2.29. The Morgan fingerprint density at radius 2 is 2.24 bits per heavy atom. The minimum absolute atomic E-state index is 0.112. The van der Waals surface area contributed by atoms with Gasteiger partial charge in [0, 0.05) is 24.5 Å². The molecule has 0 spiro atoms. The first-order chi connectivity index (χ1) is 9.98. The van der Waals surface area contributed by atoms with E-state index in [4.69, 9.17) is 0 Å². The van der Waals surface area contributed by atoms with Crippen molar-refractivity contribution in [3.63, 3.8) is 0 Å². The summed E-state index contributed by atoms with van der Waals surface area (Å²) in [6.07, 6.45) is 1.55. The SMILES string of the molecule is CC1(C(=O)O)CCN(CC(=O)N2CCc3sccc3C2)C1. The minimum Gasteiger partial charge on any atom is -0.481 e. The Kier molecular flexibility index (Phi) is 3.75. The van der Waals surface area contributed by atoms with Crippen molar-refractivity contribution < 1.29 is 14.7 Å². The lowest BCUT2D eigenvalue weighted by molar-refractivity contribution is -0.147. The summed E-state index contributed by atoms with van der Waals surface area (Å²) in [6, 6.07) is 2.09. The fraction of sp³-hybridized carbons (Fsp3) is 0.600. The molecule has 1 saturated heterocycles. The molecule has 3 heterocycles. The van der Waals surface area contributed by atoms with Crippen molar-refractivity contribution >= 4 is 23.2 Å². The van der Waals surface area contributed by atoms with Crippen LogP contribution in [0.2, 0.25) is 0 Å². The first-order valence-corrected chi connectivity index (χ1v) is 8.15. The third kappa shape index (κ3) is 2.82. The van der Waals surface area contributed by atoms with Gasteiger partial charge in [-0.1, -0.05) is 0 Å². The van der Waals surface area contributed by atoms with Crippen molar-refractivity contribution in [2.24, 2.45) is 5.41 Å². The first kappa shape index (κ1) is 14.5. The number of rotatable bonds is 3. The highest BCUT2D eigenvalue weighted by atomic mass is 32.1. The molecule has 0 aromatic carbocycles. The number of carbonyl (C=O) groups is 2. The van der Waals surface area contributed by atoms with Crippen LogP contribution in [0.3, 0.4) is 0 Å². The van der Waals surface area contributed by atoms with Crippen LogP contribution in [-0.2, 0) is 22.6 Å². The first-order valence-electron chi connectivity index (χ1n) is 7.27. The highest BCUT2D eigenvalue weighted by molar-refractivity contribution is 7.10. The minimum atomic E-state index is -0.765. The zero-order chi connectivity index (χ0) is 15.0. The second-order valence-corrected chi connectivity index (χ2v) is 7.26. The molecule has 1 amide bonds. The number of carboxylic acid groups (broad SMARTS) is 1. The van der Waals surface area contributed by atoms with Crippen molar-refractivity contribution in [2.75, 3.05) is 26.2 Å². The topological polar surface area (TPSA) is 60.9 Å². The van der Waals surface area contributed by atoms with Gasteiger partial charge in [-0.2, -0.15) is 0 Å². The van der Waals surface area contributed by atoms with Crippen LogP contribution in [0.15, 0.2) is 11.4 Å². The fourth-order valence-electron chi connectivity index (χ4n) is 3.12. The molecule has 0 saturated carbocycles. The maximum Gasteiger partial charge on any atom is 0.310 e. The number of likely N-dealkylation sites (tertiary alicyclic amines) is 1. The summed E-state index contributed by atoms with van der Waals surface area (Å²) in [5.74, 6) is -0.653. The quantitative estimate of drug-likeness (QED) is 0.917. The van der Waals surface area contributed by atoms with Crippen LogP contribution in [0.25, 0.3) is 0 Å². The fourth-order valence-corrected chi connectivity index (χ4v) is 4.01. The number of carbonyl (C=O) groups excluding carboxylic acids is 1. The van der Waals surface area contributed by atoms with E-state index < -0.39 is 11.4 Å². The number of thiophene rings is 1. The van der Waals surface area contributed by atoms with E-state index in [2.05, 4.69) is 11.4 Å². The maximum atomic E-state index is 12.4. The standard InChI is InChI=1S/C15H20N2O3S/c1-15(14(19)20)4-6-16(10-15)9-13(18)17-5-2-12-11(8-17)3-7-21-12/h3,7H,2,4-6,8-10H2,1H3,(H,19,20). The van der Waals surface area contributed by atoms with Gasteiger partial charge in [-0.3, -0.25) is 14.5 Å². The Hall–Kier alpha value is -1.40. The molecule has 114 valence electrons. The molecule has 1 fully saturated rings. The lowest BCUT2D eigenvalue weighted by atomic mass is 9.90. The van der Waals surface area contributed by atoms with E-state index in [-0.39, 0.29) is 5.91 Å². The molecule has 3 rings (SSSR count). The van der Waals surface area contributed by atoms with E-state index in [0.29, 0.717) is 32.6 Å². The van der Waals surface area contributed by atoms with Crippen LogP contribution in [0.1, 0.15) is 23.8 Å². The van der Waals surface area contributed by atoms with Crippen molar-refractivity contribution in [3.8, 4) is 0 Å². The number of hydrogen-bond acceptors (Lipinski definition) is 4. The molecule has 0 aliphatic carbocycles. The zero-order valence-electron chi connectivity index (χ0n) is 12.2. The number of hydrogen-bond donors (Lipinski definition) is 1. The Morgan fingerprint density at radius 1 is 1.43 bits per heavy atom. The predicted octanol–water partition coefficient (Wildman–Crippen LogP) is 1.43. The van der Waals surface area contributed by atoms with Gasteiger partial charge in [0.1, 0.15) is 0 Å². The van der Waals surface area contributed by atoms with Crippen LogP contribution in [-0.4, -0.2) is 53.0 Å². The molecular weight excluding hydrogens is 288 g/mol. The third-order valence-electron chi connectivity index (χ3n) is 4.59. The summed E-state index contributed by atoms with van der Waals surface area (Å²) in [5.41, 5.74) is 0.555. The van der Waals surface area contributed by atoms with Gasteiger partial charge in [-0.15, -0.1) is 11.3 Å². The molecule has 1 unspecified atom stereocenters. The van der Waals surface area contributed by atoms with Gasteiger partial charge < -0.3 is 10.0 Å². The number of amides is 1. The van der Waals surface area contributed by atoms with Gasteiger partial charge in [-0.25, -0.2) is 0 Å². The summed E-state index contributed by atoms with van der Waals surface area (Å²) in [7, 11) is 0. The number of carboxylic acids is 1. The molecule has 2 aliphatic heterocycles. The van der Waals surface area contributed by atoms with Crippen molar-refractivity contribution in [1.82, 2.24) is 9.80 Å². The molecular formula is C15H20N2O3S. The van der Waals surface area contributed by atoms with E-state index >= 15 is 0 Å². The van der Waals surface area contributed by atoms with Gasteiger partial charge in [-0.05, 0) is 43.3 Å². The average molecular weight is 308 g/mol. The normalized spacial score (nSPS) is 25.9. The molecule has 1 atom stereocenters. The third-order valence-corrected chi connectivity index (χ3v) is 5.61. The zero-order valence-corrected chi connectivity index (χ0v) is 13.0. The van der Waals surface area contributed by atoms with Gasteiger partial charge in [0.15, 0.2) is 0 Å². The summed E-state index contributed by atoms with van der Waals surface area (Å²) >= 11 is 1.76. The van der Waals surface area contributed by atoms with E-state index in [0.717, 1.165) is 13.0 Å². The van der Waals surface area contributed by atoms with E-state index in [9.17, 15) is 14.7 Å². The largest absolute Gasteiger partial charge is 0.481 e. The van der Waals surface area contributed by atoms with Crippen molar-refractivity contribution in [1.29, 1.82) is 0 Å². The maximum absolute atomic E-state index is 12.4. The van der Waals surface area contributed by atoms with E-state index in [1.807, 2.05) is 9.80 Å². The number of fused-ring (bicyclic) bond motifs is 1. The summed E-state index contributed by atoms with van der Waals surface area (Å²) < 4.78 is 0. The van der Waals surface area contributed by atoms with E-state index in [1.165, 1.54) is 10.4 Å². The molecule has 1 aromatic rings. The van der Waals surface area contributed by atoms with Crippen LogP contribution in [0, 0.1) is 5.41 Å². The Bertz CT molecular complexity index is 571.